The summed E-state index contributed by atoms with van der Waals surface area (Å²) in [4.78, 5) is 6.95. The Morgan fingerprint density at radius 1 is 1.00 bits per heavy atom. The third-order valence-corrected chi connectivity index (χ3v) is 5.10. The van der Waals surface area contributed by atoms with Crippen LogP contribution in [0.3, 0.4) is 0 Å². The second kappa shape index (κ2) is 8.46. The fourth-order valence-electron chi connectivity index (χ4n) is 2.99. The van der Waals surface area contributed by atoms with Gasteiger partial charge in [-0.15, -0.1) is 34.9 Å². The smallest absolute Gasteiger partial charge is 0.190 e. The molecular formula is C22H18BrFN2S. The van der Waals surface area contributed by atoms with Crippen LogP contribution in [-0.2, 0) is 0 Å². The van der Waals surface area contributed by atoms with Crippen molar-refractivity contribution in [3.63, 3.8) is 0 Å². The second-order valence-corrected chi connectivity index (χ2v) is 6.76. The first-order valence-corrected chi connectivity index (χ1v) is 9.22. The predicted octanol–water partition coefficient (Wildman–Crippen LogP) is 7.00. The number of thiazole rings is 1. The van der Waals surface area contributed by atoms with Crippen LogP contribution in [0.2, 0.25) is 0 Å². The van der Waals surface area contributed by atoms with Crippen molar-refractivity contribution in [3.8, 4) is 11.3 Å². The highest BCUT2D eigenvalue weighted by Crippen LogP contribution is 2.35. The van der Waals surface area contributed by atoms with Gasteiger partial charge >= 0.3 is 0 Å². The molecule has 2 nitrogen and oxygen atoms in total. The van der Waals surface area contributed by atoms with Crippen molar-refractivity contribution < 1.29 is 4.39 Å². The lowest BCUT2D eigenvalue weighted by Crippen LogP contribution is -2.16. The molecule has 0 saturated carbocycles. The van der Waals surface area contributed by atoms with Crippen LogP contribution < -0.4 is 4.90 Å². The highest BCUT2D eigenvalue weighted by molar-refractivity contribution is 8.93. The van der Waals surface area contributed by atoms with Gasteiger partial charge in [0.1, 0.15) is 5.82 Å². The Morgan fingerprint density at radius 3 is 2.52 bits per heavy atom. The van der Waals surface area contributed by atoms with Gasteiger partial charge in [0.2, 0.25) is 0 Å². The fraction of sp³-hybridized carbons (Fsp3) is 0.0455. The van der Waals surface area contributed by atoms with Gasteiger partial charge < -0.3 is 4.90 Å². The molecule has 0 bridgehead atoms. The highest BCUT2D eigenvalue weighted by atomic mass is 79.9. The molecule has 5 heteroatoms. The number of fused-ring (bicyclic) bond motifs is 1. The van der Waals surface area contributed by atoms with E-state index in [9.17, 15) is 4.39 Å². The number of rotatable bonds is 5. The van der Waals surface area contributed by atoms with Crippen molar-refractivity contribution in [2.24, 2.45) is 0 Å². The van der Waals surface area contributed by atoms with E-state index in [2.05, 4.69) is 41.8 Å². The molecule has 0 radical (unpaired) electrons. The van der Waals surface area contributed by atoms with Gasteiger partial charge in [0.25, 0.3) is 0 Å². The Hall–Kier alpha value is -2.50. The summed E-state index contributed by atoms with van der Waals surface area (Å²) in [6.45, 7) is 4.56. The van der Waals surface area contributed by atoms with Gasteiger partial charge in [0, 0.05) is 22.9 Å². The largest absolute Gasteiger partial charge is 0.313 e. The monoisotopic (exact) mass is 440 g/mol. The normalized spacial score (nSPS) is 10.4. The molecule has 4 rings (SSSR count). The van der Waals surface area contributed by atoms with E-state index in [1.165, 1.54) is 22.9 Å². The van der Waals surface area contributed by atoms with Crippen molar-refractivity contribution in [1.29, 1.82) is 0 Å². The Bertz CT molecular complexity index is 1050. The molecule has 136 valence electrons. The summed E-state index contributed by atoms with van der Waals surface area (Å²) in [5, 5.41) is 5.26. The first-order chi connectivity index (χ1) is 12.8. The van der Waals surface area contributed by atoms with E-state index in [4.69, 9.17) is 4.98 Å². The summed E-state index contributed by atoms with van der Waals surface area (Å²) in [5.41, 5.74) is 2.85. The van der Waals surface area contributed by atoms with Gasteiger partial charge in [-0.3, -0.25) is 0 Å². The van der Waals surface area contributed by atoms with Crippen LogP contribution in [0.5, 0.6) is 0 Å². The molecule has 3 aromatic carbocycles. The highest BCUT2D eigenvalue weighted by Gasteiger charge is 2.15. The maximum Gasteiger partial charge on any atom is 0.190 e. The van der Waals surface area contributed by atoms with Gasteiger partial charge in [-0.05, 0) is 35.7 Å². The van der Waals surface area contributed by atoms with Crippen LogP contribution >= 0.6 is 28.3 Å². The van der Waals surface area contributed by atoms with Gasteiger partial charge in [0.15, 0.2) is 5.13 Å². The molecule has 0 unspecified atom stereocenters. The van der Waals surface area contributed by atoms with Crippen molar-refractivity contribution in [3.05, 3.63) is 90.6 Å². The zero-order valence-electron chi connectivity index (χ0n) is 14.5. The summed E-state index contributed by atoms with van der Waals surface area (Å²) >= 11 is 1.57. The van der Waals surface area contributed by atoms with Gasteiger partial charge in [-0.1, -0.05) is 42.5 Å². The predicted molar refractivity (Wildman–Crippen MR) is 119 cm³/mol. The van der Waals surface area contributed by atoms with E-state index in [0.717, 1.165) is 22.1 Å². The number of hydrogen-bond acceptors (Lipinski definition) is 3. The molecule has 0 aliphatic rings. The lowest BCUT2D eigenvalue weighted by molar-refractivity contribution is 0.628. The Morgan fingerprint density at radius 2 is 1.74 bits per heavy atom. The van der Waals surface area contributed by atoms with Crippen LogP contribution in [0.15, 0.2) is 84.8 Å². The molecule has 0 atom stereocenters. The van der Waals surface area contributed by atoms with E-state index in [0.29, 0.717) is 6.54 Å². The van der Waals surface area contributed by atoms with Crippen molar-refractivity contribution >= 4 is 49.9 Å². The van der Waals surface area contributed by atoms with E-state index in [1.54, 1.807) is 23.5 Å². The molecule has 0 aliphatic carbocycles. The van der Waals surface area contributed by atoms with Crippen LogP contribution in [-0.4, -0.2) is 11.5 Å². The molecule has 0 spiro atoms. The van der Waals surface area contributed by atoms with Crippen molar-refractivity contribution in [2.75, 3.05) is 11.4 Å². The molecular weight excluding hydrogens is 423 g/mol. The quantitative estimate of drug-likeness (QED) is 0.310. The summed E-state index contributed by atoms with van der Waals surface area (Å²) in [6.07, 6.45) is 1.88. The van der Waals surface area contributed by atoms with Crippen LogP contribution in [0.4, 0.5) is 15.2 Å². The summed E-state index contributed by atoms with van der Waals surface area (Å²) in [7, 11) is 0. The minimum atomic E-state index is -0.242. The van der Waals surface area contributed by atoms with E-state index in [1.807, 2.05) is 23.6 Å². The number of aromatic nitrogens is 1. The molecule has 4 aromatic rings. The molecule has 0 aliphatic heterocycles. The summed E-state index contributed by atoms with van der Waals surface area (Å²) < 4.78 is 13.2. The van der Waals surface area contributed by atoms with Crippen molar-refractivity contribution in [2.45, 2.75) is 0 Å². The molecule has 0 saturated heterocycles. The number of benzene rings is 3. The molecule has 0 N–H and O–H groups in total. The zero-order chi connectivity index (χ0) is 17.9. The molecule has 1 heterocycles. The average molecular weight is 441 g/mol. The number of halogens is 2. The van der Waals surface area contributed by atoms with Crippen LogP contribution in [0.25, 0.3) is 22.0 Å². The summed E-state index contributed by atoms with van der Waals surface area (Å²) in [5.74, 6) is -0.242. The summed E-state index contributed by atoms with van der Waals surface area (Å²) in [6, 6.07) is 21.0. The molecule has 27 heavy (non-hydrogen) atoms. The van der Waals surface area contributed by atoms with Gasteiger partial charge in [-0.25, -0.2) is 9.37 Å². The van der Waals surface area contributed by atoms with E-state index >= 15 is 0 Å². The third-order valence-electron chi connectivity index (χ3n) is 4.23. The zero-order valence-corrected chi connectivity index (χ0v) is 17.0. The maximum atomic E-state index is 13.2. The third kappa shape index (κ3) is 3.94. The Kier molecular flexibility index (Phi) is 6.04. The van der Waals surface area contributed by atoms with Crippen LogP contribution in [0.1, 0.15) is 0 Å². The maximum absolute atomic E-state index is 13.2. The van der Waals surface area contributed by atoms with Gasteiger partial charge in [-0.2, -0.15) is 0 Å². The number of nitrogens with zero attached hydrogens (tertiary/aromatic N) is 2. The topological polar surface area (TPSA) is 16.1 Å². The van der Waals surface area contributed by atoms with Crippen LogP contribution in [0, 0.1) is 5.82 Å². The number of hydrogen-bond donors (Lipinski definition) is 0. The average Bonchev–Trinajstić information content (AvgIpc) is 3.16. The Labute approximate surface area is 172 Å². The SMILES string of the molecule is Br.C=CCN(c1nc(-c2ccc(F)cc2)cs1)c1cccc2ccccc12. The Balaban J connectivity index is 0.00000210. The molecule has 0 amide bonds. The lowest BCUT2D eigenvalue weighted by atomic mass is 10.1. The van der Waals surface area contributed by atoms with E-state index < -0.39 is 0 Å². The molecule has 1 aromatic heterocycles. The second-order valence-electron chi connectivity index (χ2n) is 5.92. The molecule has 0 fully saturated rings. The fourth-order valence-corrected chi connectivity index (χ4v) is 3.85. The minimum absolute atomic E-state index is 0. The lowest BCUT2D eigenvalue weighted by Gasteiger charge is -2.22. The number of anilines is 2. The van der Waals surface area contributed by atoms with Crippen molar-refractivity contribution in [1.82, 2.24) is 4.98 Å². The standard InChI is InChI=1S/C22H17FN2S.BrH/c1-2-14-25(21-9-5-7-16-6-3-4-8-19(16)21)22-24-20(15-26-22)17-10-12-18(23)13-11-17;/h2-13,15H,1,14H2;1H. The first-order valence-electron chi connectivity index (χ1n) is 8.34. The van der Waals surface area contributed by atoms with E-state index in [-0.39, 0.29) is 22.8 Å². The van der Waals surface area contributed by atoms with Gasteiger partial charge in [0.05, 0.1) is 11.4 Å². The first kappa shape index (κ1) is 19.3. The minimum Gasteiger partial charge on any atom is -0.313 e.